The fourth-order valence-corrected chi connectivity index (χ4v) is 1.65. The molecule has 0 saturated carbocycles. The number of anilines is 1. The molecule has 1 rings (SSSR count). The molecule has 0 amide bonds. The number of rotatable bonds is 8. The van der Waals surface area contributed by atoms with Crippen LogP contribution in [0.25, 0.3) is 0 Å². The average Bonchev–Trinajstić information content (AvgIpc) is 2.64. The molecule has 0 aliphatic rings. The lowest BCUT2D eigenvalue weighted by Crippen LogP contribution is -2.16. The van der Waals surface area contributed by atoms with E-state index < -0.39 is 17.9 Å². The van der Waals surface area contributed by atoms with Gasteiger partial charge in [-0.25, -0.2) is 14.4 Å². The van der Waals surface area contributed by atoms with Gasteiger partial charge in [0.15, 0.2) is 6.61 Å². The van der Waals surface area contributed by atoms with E-state index in [4.69, 9.17) is 9.47 Å². The normalized spacial score (nSPS) is 10.5. The van der Waals surface area contributed by atoms with E-state index in [1.54, 1.807) is 12.1 Å². The molecule has 9 heteroatoms. The van der Waals surface area contributed by atoms with Gasteiger partial charge in [-0.05, 0) is 12.1 Å². The van der Waals surface area contributed by atoms with Crippen LogP contribution in [0, 0.1) is 0 Å². The van der Waals surface area contributed by atoms with Gasteiger partial charge in [0.25, 0.3) is 0 Å². The fourth-order valence-electron chi connectivity index (χ4n) is 1.65. The van der Waals surface area contributed by atoms with Crippen LogP contribution in [0.4, 0.5) is 5.69 Å². The summed E-state index contributed by atoms with van der Waals surface area (Å²) in [4.78, 5) is 34.4. The lowest BCUT2D eigenvalue weighted by molar-refractivity contribution is -0.143. The first-order valence-electron chi connectivity index (χ1n) is 6.97. The summed E-state index contributed by atoms with van der Waals surface area (Å²) in [5.74, 6) is -1.40. The average molecular weight is 353 g/mol. The fraction of sp³-hybridized carbons (Fsp3) is 0.312. The van der Waals surface area contributed by atoms with Gasteiger partial charge in [0.2, 0.25) is 0 Å². The van der Waals surface area contributed by atoms with E-state index in [1.807, 2.05) is 0 Å². The molecule has 0 spiro atoms. The minimum atomic E-state index is -0.784. The molecule has 0 atom stereocenters. The number of carbonyl (C=O) groups excluding carboxylic acids is 3. The van der Waals surface area contributed by atoms with Crippen molar-refractivity contribution in [2.75, 3.05) is 40.4 Å². The first-order valence-corrected chi connectivity index (χ1v) is 6.97. The smallest absolute Gasteiger partial charge is 0.354 e. The van der Waals surface area contributed by atoms with Crippen LogP contribution in [0.3, 0.4) is 0 Å². The lowest BCUT2D eigenvalue weighted by Gasteiger charge is -2.14. The summed E-state index contributed by atoms with van der Waals surface area (Å²) in [6, 6.07) is 4.60. The summed E-state index contributed by atoms with van der Waals surface area (Å²) in [5, 5.41) is 2.72. The second kappa shape index (κ2) is 9.81. The van der Waals surface area contributed by atoms with Gasteiger partial charge >= 0.3 is 17.9 Å². The zero-order valence-electron chi connectivity index (χ0n) is 14.3. The highest BCUT2D eigenvalue weighted by molar-refractivity contribution is 5.99. The van der Waals surface area contributed by atoms with Crippen LogP contribution in [0.2, 0.25) is 0 Å². The van der Waals surface area contributed by atoms with E-state index in [-0.39, 0.29) is 12.3 Å². The third-order valence-electron chi connectivity index (χ3n) is 2.89. The Morgan fingerprint density at radius 3 is 2.32 bits per heavy atom. The van der Waals surface area contributed by atoms with E-state index in [9.17, 15) is 14.4 Å². The van der Waals surface area contributed by atoms with Crippen molar-refractivity contribution in [2.24, 2.45) is 0 Å². The van der Waals surface area contributed by atoms with Gasteiger partial charge in [-0.15, -0.1) is 0 Å². The highest BCUT2D eigenvalue weighted by Gasteiger charge is 2.16. The summed E-state index contributed by atoms with van der Waals surface area (Å²) >= 11 is 0. The first kappa shape index (κ1) is 19.8. The number of esters is 3. The van der Waals surface area contributed by atoms with Gasteiger partial charge in [0, 0.05) is 6.07 Å². The first-order chi connectivity index (χ1) is 11.9. The van der Waals surface area contributed by atoms with Crippen LogP contribution in [-0.2, 0) is 28.6 Å². The van der Waals surface area contributed by atoms with Gasteiger partial charge < -0.3 is 29.0 Å². The quantitative estimate of drug-likeness (QED) is 0.414. The minimum Gasteiger partial charge on any atom is -0.495 e. The van der Waals surface area contributed by atoms with Gasteiger partial charge in [-0.2, -0.15) is 0 Å². The Balaban J connectivity index is 3.10. The Morgan fingerprint density at radius 2 is 1.76 bits per heavy atom. The van der Waals surface area contributed by atoms with Crippen molar-refractivity contribution < 1.29 is 38.1 Å². The number of hydrogen-bond donors (Lipinski definition) is 1. The van der Waals surface area contributed by atoms with Crippen molar-refractivity contribution in [1.82, 2.24) is 0 Å². The zero-order chi connectivity index (χ0) is 18.8. The van der Waals surface area contributed by atoms with E-state index in [0.717, 1.165) is 6.08 Å². The summed E-state index contributed by atoms with van der Waals surface area (Å²) in [6.07, 6.45) is 0.938. The number of nitrogens with one attached hydrogen (secondary N) is 1. The van der Waals surface area contributed by atoms with E-state index in [1.165, 1.54) is 34.5 Å². The monoisotopic (exact) mass is 353 g/mol. The van der Waals surface area contributed by atoms with Crippen LogP contribution >= 0.6 is 0 Å². The molecule has 0 unspecified atom stereocenters. The van der Waals surface area contributed by atoms with Crippen LogP contribution in [-0.4, -0.2) is 53.0 Å². The summed E-state index contributed by atoms with van der Waals surface area (Å²) in [7, 11) is 5.02. The number of methoxy groups -OCH3 is 4. The summed E-state index contributed by atoms with van der Waals surface area (Å²) < 4.78 is 24.1. The highest BCUT2D eigenvalue weighted by Crippen LogP contribution is 2.30. The second-order valence-corrected chi connectivity index (χ2v) is 4.42. The predicted octanol–water partition coefficient (Wildman–Crippen LogP) is 0.889. The van der Waals surface area contributed by atoms with E-state index in [0.29, 0.717) is 17.2 Å². The number of carbonyl (C=O) groups is 3. The predicted molar refractivity (Wildman–Crippen MR) is 86.2 cm³/mol. The molecule has 0 aliphatic heterocycles. The molecule has 0 bridgehead atoms. The van der Waals surface area contributed by atoms with Gasteiger partial charge in [-0.3, -0.25) is 0 Å². The highest BCUT2D eigenvalue weighted by atomic mass is 16.6. The lowest BCUT2D eigenvalue weighted by atomic mass is 10.2. The number of ether oxygens (including phenoxy) is 5. The maximum absolute atomic E-state index is 11.8. The maximum Gasteiger partial charge on any atom is 0.354 e. The van der Waals surface area contributed by atoms with Crippen molar-refractivity contribution in [3.8, 4) is 11.5 Å². The molecule has 25 heavy (non-hydrogen) atoms. The molecular weight excluding hydrogens is 334 g/mol. The van der Waals surface area contributed by atoms with Gasteiger partial charge in [0.1, 0.15) is 17.2 Å². The van der Waals surface area contributed by atoms with E-state index in [2.05, 4.69) is 19.5 Å². The number of hydrogen-bond acceptors (Lipinski definition) is 9. The van der Waals surface area contributed by atoms with Crippen LogP contribution in [0.5, 0.6) is 11.5 Å². The Bertz CT molecular complexity index is 668. The molecule has 136 valence electrons. The Kier molecular flexibility index (Phi) is 7.77. The largest absolute Gasteiger partial charge is 0.495 e. The molecule has 1 N–H and O–H groups in total. The molecule has 0 fully saturated rings. The van der Waals surface area contributed by atoms with E-state index >= 15 is 0 Å². The van der Waals surface area contributed by atoms with Crippen molar-refractivity contribution >= 4 is 23.6 Å². The Hall–Kier alpha value is -3.23. The summed E-state index contributed by atoms with van der Waals surface area (Å²) in [6.45, 7) is -0.288. The molecule has 0 saturated heterocycles. The van der Waals surface area contributed by atoms with Crippen molar-refractivity contribution in [3.05, 3.63) is 30.0 Å². The Labute approximate surface area is 144 Å². The third kappa shape index (κ3) is 6.05. The standard InChI is InChI=1S/C16H19NO8/c1-21-13-6-5-10(25-9-15(19)23-3)7-11(13)17-12(16(20)24-4)8-14(18)22-2/h5-8,17H,9H2,1-4H3/b12-8+. The second-order valence-electron chi connectivity index (χ2n) is 4.42. The molecule has 0 heterocycles. The molecule has 1 aromatic carbocycles. The topological polar surface area (TPSA) is 109 Å². The number of benzene rings is 1. The molecule has 9 nitrogen and oxygen atoms in total. The van der Waals surface area contributed by atoms with Gasteiger partial charge in [0.05, 0.1) is 40.2 Å². The van der Waals surface area contributed by atoms with Gasteiger partial charge in [-0.1, -0.05) is 0 Å². The molecule has 0 aliphatic carbocycles. The van der Waals surface area contributed by atoms with Crippen LogP contribution in [0.1, 0.15) is 0 Å². The van der Waals surface area contributed by atoms with Crippen molar-refractivity contribution in [2.45, 2.75) is 0 Å². The van der Waals surface area contributed by atoms with Crippen molar-refractivity contribution in [3.63, 3.8) is 0 Å². The molecule has 0 radical (unpaired) electrons. The van der Waals surface area contributed by atoms with Crippen LogP contribution in [0.15, 0.2) is 30.0 Å². The summed E-state index contributed by atoms with van der Waals surface area (Å²) in [5.41, 5.74) is 0.142. The van der Waals surface area contributed by atoms with Crippen molar-refractivity contribution in [1.29, 1.82) is 0 Å². The molecular formula is C16H19NO8. The molecule has 0 aromatic heterocycles. The minimum absolute atomic E-state index is 0.169. The Morgan fingerprint density at radius 1 is 1.04 bits per heavy atom. The van der Waals surface area contributed by atoms with Crippen LogP contribution < -0.4 is 14.8 Å². The maximum atomic E-state index is 11.8. The molecule has 1 aromatic rings. The third-order valence-corrected chi connectivity index (χ3v) is 2.89. The zero-order valence-corrected chi connectivity index (χ0v) is 14.3. The SMILES string of the molecule is COC(=O)/C=C(/Nc1cc(OCC(=O)OC)ccc1OC)C(=O)OC.